The Balaban J connectivity index is 2.25. The Morgan fingerprint density at radius 2 is 2.31 bits per heavy atom. The van der Waals surface area contributed by atoms with Crippen LogP contribution >= 0.6 is 0 Å². The van der Waals surface area contributed by atoms with Gasteiger partial charge in [0, 0.05) is 18.5 Å². The van der Waals surface area contributed by atoms with Crippen molar-refractivity contribution < 1.29 is 5.11 Å². The molecule has 0 amide bonds. The van der Waals surface area contributed by atoms with Gasteiger partial charge >= 0.3 is 0 Å². The molecule has 0 spiro atoms. The van der Waals surface area contributed by atoms with Crippen molar-refractivity contribution >= 4 is 11.0 Å². The van der Waals surface area contributed by atoms with Crippen LogP contribution in [0.25, 0.3) is 11.0 Å². The van der Waals surface area contributed by atoms with Crippen LogP contribution in [-0.4, -0.2) is 28.2 Å². The Kier molecular flexibility index (Phi) is 3.10. The lowest BCUT2D eigenvalue weighted by atomic mass is 10.2. The molecule has 86 valence electrons. The van der Waals surface area contributed by atoms with Crippen LogP contribution in [0, 0.1) is 0 Å². The number of hydrogen-bond acceptors (Lipinski definition) is 3. The summed E-state index contributed by atoms with van der Waals surface area (Å²) in [4.78, 5) is 7.73. The van der Waals surface area contributed by atoms with Crippen LogP contribution in [0.15, 0.2) is 18.2 Å². The van der Waals surface area contributed by atoms with Crippen LogP contribution < -0.4 is 5.32 Å². The molecule has 1 heterocycles. The summed E-state index contributed by atoms with van der Waals surface area (Å²) in [7, 11) is 0. The van der Waals surface area contributed by atoms with Gasteiger partial charge in [-0.25, -0.2) is 4.98 Å². The Morgan fingerprint density at radius 1 is 1.50 bits per heavy atom. The smallest absolute Gasteiger partial charge is 0.117 e. The van der Waals surface area contributed by atoms with Gasteiger partial charge in [0.05, 0.1) is 11.0 Å². The molecular weight excluding hydrogens is 202 g/mol. The van der Waals surface area contributed by atoms with Gasteiger partial charge < -0.3 is 15.4 Å². The zero-order valence-electron chi connectivity index (χ0n) is 9.62. The van der Waals surface area contributed by atoms with E-state index in [2.05, 4.69) is 29.1 Å². The number of phenolic OH excluding ortho intramolecular Hbond substituents is 1. The Labute approximate surface area is 94.7 Å². The first-order valence-electron chi connectivity index (χ1n) is 5.60. The van der Waals surface area contributed by atoms with Crippen molar-refractivity contribution in [3.63, 3.8) is 0 Å². The van der Waals surface area contributed by atoms with E-state index in [1.165, 1.54) is 0 Å². The normalized spacial score (nSPS) is 13.1. The van der Waals surface area contributed by atoms with E-state index >= 15 is 0 Å². The van der Waals surface area contributed by atoms with E-state index < -0.39 is 0 Å². The van der Waals surface area contributed by atoms with Crippen molar-refractivity contribution in [3.05, 3.63) is 24.0 Å². The number of aromatic nitrogens is 2. The van der Waals surface area contributed by atoms with Crippen molar-refractivity contribution in [2.45, 2.75) is 19.8 Å². The lowest BCUT2D eigenvalue weighted by Gasteiger charge is -2.07. The predicted octanol–water partition coefficient (Wildman–Crippen LogP) is 1.98. The van der Waals surface area contributed by atoms with Gasteiger partial charge in [-0.15, -0.1) is 0 Å². The highest BCUT2D eigenvalue weighted by Crippen LogP contribution is 2.20. The summed E-state index contributed by atoms with van der Waals surface area (Å²) in [5.41, 5.74) is 1.79. The van der Waals surface area contributed by atoms with Gasteiger partial charge in [-0.1, -0.05) is 13.8 Å². The average molecular weight is 219 g/mol. The summed E-state index contributed by atoms with van der Waals surface area (Å²) < 4.78 is 0. The van der Waals surface area contributed by atoms with Gasteiger partial charge in [0.2, 0.25) is 0 Å². The molecule has 1 aromatic carbocycles. The molecule has 0 aliphatic rings. The van der Waals surface area contributed by atoms with E-state index in [0.717, 1.165) is 29.9 Å². The van der Waals surface area contributed by atoms with E-state index in [1.807, 2.05) is 6.07 Å². The number of nitrogens with zero attached hydrogens (tertiary/aromatic N) is 1. The summed E-state index contributed by atoms with van der Waals surface area (Å²) in [6, 6.07) is 5.18. The molecule has 0 aliphatic heterocycles. The summed E-state index contributed by atoms with van der Waals surface area (Å²) >= 11 is 0. The number of fused-ring (bicyclic) bond motifs is 1. The van der Waals surface area contributed by atoms with E-state index in [-0.39, 0.29) is 5.75 Å². The van der Waals surface area contributed by atoms with Gasteiger partial charge in [0.15, 0.2) is 0 Å². The maximum absolute atomic E-state index is 9.36. The van der Waals surface area contributed by atoms with Gasteiger partial charge in [0.25, 0.3) is 0 Å². The summed E-state index contributed by atoms with van der Waals surface area (Å²) in [6.07, 6.45) is 0. The number of likely N-dealkylation sites (N-methyl/N-ethyl adjacent to an activating group) is 1. The zero-order valence-corrected chi connectivity index (χ0v) is 9.62. The predicted molar refractivity (Wildman–Crippen MR) is 64.7 cm³/mol. The van der Waals surface area contributed by atoms with E-state index in [1.54, 1.807) is 12.1 Å². The molecule has 0 fully saturated rings. The third kappa shape index (κ3) is 2.17. The van der Waals surface area contributed by atoms with Crippen LogP contribution in [-0.2, 0) is 0 Å². The largest absolute Gasteiger partial charge is 0.508 e. The van der Waals surface area contributed by atoms with Crippen LogP contribution in [0.5, 0.6) is 5.75 Å². The van der Waals surface area contributed by atoms with Gasteiger partial charge in [-0.2, -0.15) is 0 Å². The molecule has 2 rings (SSSR count). The number of aromatic amines is 1. The van der Waals surface area contributed by atoms with Gasteiger partial charge in [0.1, 0.15) is 11.6 Å². The number of benzene rings is 1. The average Bonchev–Trinajstić information content (AvgIpc) is 2.68. The first-order valence-corrected chi connectivity index (χ1v) is 5.60. The molecule has 4 nitrogen and oxygen atoms in total. The number of phenols is 1. The lowest BCUT2D eigenvalue weighted by Crippen LogP contribution is -2.19. The maximum Gasteiger partial charge on any atom is 0.117 e. The second-order valence-corrected chi connectivity index (χ2v) is 4.03. The van der Waals surface area contributed by atoms with Gasteiger partial charge in [-0.05, 0) is 18.7 Å². The van der Waals surface area contributed by atoms with Crippen LogP contribution in [0.1, 0.15) is 25.6 Å². The highest BCUT2D eigenvalue weighted by molar-refractivity contribution is 5.76. The van der Waals surface area contributed by atoms with E-state index in [4.69, 9.17) is 0 Å². The second-order valence-electron chi connectivity index (χ2n) is 4.03. The lowest BCUT2D eigenvalue weighted by molar-refractivity contribution is 0.476. The molecule has 3 N–H and O–H groups in total. The molecular formula is C12H17N3O. The number of imidazole rings is 1. The number of aromatic hydroxyl groups is 1. The molecule has 16 heavy (non-hydrogen) atoms. The first kappa shape index (κ1) is 11.0. The highest BCUT2D eigenvalue weighted by atomic mass is 16.3. The molecule has 0 aliphatic carbocycles. The molecule has 0 saturated carbocycles. The summed E-state index contributed by atoms with van der Waals surface area (Å²) in [5, 5.41) is 12.7. The standard InChI is InChI=1S/C12H17N3O/c1-3-13-7-8(2)12-14-10-5-4-9(16)6-11(10)15-12/h4-6,8,13,16H,3,7H2,1-2H3,(H,14,15). The Bertz CT molecular complexity index is 478. The fourth-order valence-electron chi connectivity index (χ4n) is 1.71. The number of nitrogens with one attached hydrogen (secondary N) is 2. The molecule has 2 aromatic rings. The second kappa shape index (κ2) is 4.53. The van der Waals surface area contributed by atoms with Crippen molar-refractivity contribution in [1.29, 1.82) is 0 Å². The molecule has 0 bridgehead atoms. The minimum atomic E-state index is 0.266. The van der Waals surface area contributed by atoms with E-state index in [9.17, 15) is 5.11 Å². The fraction of sp³-hybridized carbons (Fsp3) is 0.417. The highest BCUT2D eigenvalue weighted by Gasteiger charge is 2.10. The molecule has 0 radical (unpaired) electrons. The molecule has 1 unspecified atom stereocenters. The summed E-state index contributed by atoms with van der Waals surface area (Å²) in [5.74, 6) is 1.57. The van der Waals surface area contributed by atoms with Crippen LogP contribution in [0.2, 0.25) is 0 Å². The molecule has 4 heteroatoms. The number of rotatable bonds is 4. The van der Waals surface area contributed by atoms with Crippen LogP contribution in [0.4, 0.5) is 0 Å². The third-order valence-corrected chi connectivity index (χ3v) is 2.65. The van der Waals surface area contributed by atoms with E-state index in [0.29, 0.717) is 5.92 Å². The van der Waals surface area contributed by atoms with Crippen molar-refractivity contribution in [2.24, 2.45) is 0 Å². The minimum absolute atomic E-state index is 0.266. The third-order valence-electron chi connectivity index (χ3n) is 2.65. The quantitative estimate of drug-likeness (QED) is 0.737. The van der Waals surface area contributed by atoms with Crippen molar-refractivity contribution in [1.82, 2.24) is 15.3 Å². The topological polar surface area (TPSA) is 60.9 Å². The maximum atomic E-state index is 9.36. The Hall–Kier alpha value is -1.55. The number of hydrogen-bond donors (Lipinski definition) is 3. The monoisotopic (exact) mass is 219 g/mol. The fourth-order valence-corrected chi connectivity index (χ4v) is 1.71. The van der Waals surface area contributed by atoms with Gasteiger partial charge in [-0.3, -0.25) is 0 Å². The molecule has 1 aromatic heterocycles. The van der Waals surface area contributed by atoms with Crippen molar-refractivity contribution in [3.8, 4) is 5.75 Å². The van der Waals surface area contributed by atoms with Crippen molar-refractivity contribution in [2.75, 3.05) is 13.1 Å². The number of H-pyrrole nitrogens is 1. The minimum Gasteiger partial charge on any atom is -0.508 e. The molecule has 1 atom stereocenters. The summed E-state index contributed by atoms with van der Waals surface area (Å²) in [6.45, 7) is 6.08. The first-order chi connectivity index (χ1) is 7.70. The SMILES string of the molecule is CCNCC(C)c1nc2ccc(O)cc2[nH]1. The Morgan fingerprint density at radius 3 is 3.06 bits per heavy atom. The van der Waals surface area contributed by atoms with Crippen LogP contribution in [0.3, 0.4) is 0 Å². The molecule has 0 saturated heterocycles. The zero-order chi connectivity index (χ0) is 11.5.